The lowest BCUT2D eigenvalue weighted by atomic mass is 10.2. The van der Waals surface area contributed by atoms with E-state index < -0.39 is 23.6 Å². The van der Waals surface area contributed by atoms with E-state index in [1.807, 2.05) is 0 Å². The van der Waals surface area contributed by atoms with Crippen molar-refractivity contribution in [1.29, 1.82) is 0 Å². The summed E-state index contributed by atoms with van der Waals surface area (Å²) >= 11 is 3.27. The summed E-state index contributed by atoms with van der Waals surface area (Å²) in [6.45, 7) is 5.23. The third-order valence-electron chi connectivity index (χ3n) is 2.47. The summed E-state index contributed by atoms with van der Waals surface area (Å²) < 4.78 is 11.3. The number of carbonyl (C=O) groups is 2. The fourth-order valence-electron chi connectivity index (χ4n) is 1.63. The van der Waals surface area contributed by atoms with Crippen molar-refractivity contribution in [3.8, 4) is 5.75 Å². The number of halogens is 1. The largest absolute Gasteiger partial charge is 0.487 e. The van der Waals surface area contributed by atoms with Crippen LogP contribution in [0.15, 0.2) is 16.7 Å². The van der Waals surface area contributed by atoms with E-state index in [1.165, 1.54) is 0 Å². The summed E-state index contributed by atoms with van der Waals surface area (Å²) in [6.07, 6.45) is 0.871. The van der Waals surface area contributed by atoms with E-state index >= 15 is 0 Å². The maximum absolute atomic E-state index is 12.0. The molecule has 8 heteroatoms. The highest BCUT2D eigenvalue weighted by Gasteiger charge is 2.28. The number of nitrogens with one attached hydrogen (secondary N) is 2. The molecular weight excluding hydrogens is 342 g/mol. The topological polar surface area (TPSA) is 89.6 Å². The highest BCUT2D eigenvalue weighted by Crippen LogP contribution is 2.27. The van der Waals surface area contributed by atoms with Crippen LogP contribution in [0.4, 0.5) is 10.6 Å². The van der Waals surface area contributed by atoms with Crippen LogP contribution in [0, 0.1) is 0 Å². The fourth-order valence-corrected chi connectivity index (χ4v) is 1.94. The molecule has 21 heavy (non-hydrogen) atoms. The number of alkyl carbamates (subject to hydrolysis) is 1. The number of anilines is 1. The standard InChI is InChI=1S/C13H16BrN3O4/c1-13(2,3)21-12(19)16-8-6-20-9-4-7(14)5-15-10(9)17-11(8)18/h4-5,8H,6H2,1-3H3,(H,16,19)(H,15,17,18)/t8-/m0/s1. The first-order valence-corrected chi connectivity index (χ1v) is 7.12. The van der Waals surface area contributed by atoms with Crippen molar-refractivity contribution in [2.75, 3.05) is 11.9 Å². The van der Waals surface area contributed by atoms with Crippen LogP contribution >= 0.6 is 15.9 Å². The number of fused-ring (bicyclic) bond motifs is 1. The first-order valence-electron chi connectivity index (χ1n) is 6.33. The van der Waals surface area contributed by atoms with Gasteiger partial charge in [-0.05, 0) is 42.8 Å². The summed E-state index contributed by atoms with van der Waals surface area (Å²) in [7, 11) is 0. The van der Waals surface area contributed by atoms with Crippen molar-refractivity contribution < 1.29 is 19.1 Å². The summed E-state index contributed by atoms with van der Waals surface area (Å²) in [4.78, 5) is 27.8. The minimum Gasteiger partial charge on any atom is -0.487 e. The maximum Gasteiger partial charge on any atom is 0.408 e. The molecule has 2 N–H and O–H groups in total. The number of aromatic nitrogens is 1. The van der Waals surface area contributed by atoms with Crippen LogP contribution in [-0.2, 0) is 9.53 Å². The summed E-state index contributed by atoms with van der Waals surface area (Å²) in [5, 5.41) is 5.08. The predicted octanol–water partition coefficient (Wildman–Crippen LogP) is 2.07. The zero-order chi connectivity index (χ0) is 15.6. The molecule has 1 aliphatic heterocycles. The zero-order valence-electron chi connectivity index (χ0n) is 11.9. The Kier molecular flexibility index (Phi) is 4.36. The van der Waals surface area contributed by atoms with E-state index in [-0.39, 0.29) is 6.61 Å². The average molecular weight is 358 g/mol. The van der Waals surface area contributed by atoms with Crippen LogP contribution in [0.25, 0.3) is 0 Å². The number of hydrogen-bond donors (Lipinski definition) is 2. The number of hydrogen-bond acceptors (Lipinski definition) is 5. The van der Waals surface area contributed by atoms with Crippen molar-refractivity contribution in [3.63, 3.8) is 0 Å². The second-order valence-corrected chi connectivity index (χ2v) is 6.42. The Morgan fingerprint density at radius 3 is 2.95 bits per heavy atom. The molecule has 0 aromatic carbocycles. The van der Waals surface area contributed by atoms with Crippen molar-refractivity contribution in [3.05, 3.63) is 16.7 Å². The summed E-state index contributed by atoms with van der Waals surface area (Å²) in [6, 6.07) is 0.839. The fraction of sp³-hybridized carbons (Fsp3) is 0.462. The number of pyridine rings is 1. The Hall–Kier alpha value is -1.83. The van der Waals surface area contributed by atoms with Gasteiger partial charge >= 0.3 is 6.09 Å². The molecule has 0 fully saturated rings. The first kappa shape index (κ1) is 15.6. The Bertz CT molecular complexity index is 571. The van der Waals surface area contributed by atoms with Crippen molar-refractivity contribution in [2.24, 2.45) is 0 Å². The van der Waals surface area contributed by atoms with Gasteiger partial charge in [0.05, 0.1) is 0 Å². The van der Waals surface area contributed by atoms with Crippen LogP contribution in [0.5, 0.6) is 5.75 Å². The molecule has 0 bridgehead atoms. The molecule has 0 aliphatic carbocycles. The van der Waals surface area contributed by atoms with Crippen LogP contribution in [0.1, 0.15) is 20.8 Å². The van der Waals surface area contributed by atoms with Crippen molar-refractivity contribution in [1.82, 2.24) is 10.3 Å². The van der Waals surface area contributed by atoms with Crippen LogP contribution < -0.4 is 15.4 Å². The van der Waals surface area contributed by atoms with Crippen molar-refractivity contribution in [2.45, 2.75) is 32.4 Å². The Balaban J connectivity index is 2.05. The molecule has 7 nitrogen and oxygen atoms in total. The van der Waals surface area contributed by atoms with E-state index in [0.29, 0.717) is 11.6 Å². The van der Waals surface area contributed by atoms with Gasteiger partial charge in [-0.25, -0.2) is 9.78 Å². The van der Waals surface area contributed by atoms with Gasteiger partial charge in [-0.1, -0.05) is 0 Å². The molecule has 1 atom stereocenters. The molecule has 2 rings (SSSR count). The molecule has 1 aliphatic rings. The third-order valence-corrected chi connectivity index (χ3v) is 2.91. The van der Waals surface area contributed by atoms with E-state index in [2.05, 4.69) is 31.5 Å². The van der Waals surface area contributed by atoms with Crippen molar-refractivity contribution >= 4 is 33.7 Å². The van der Waals surface area contributed by atoms with E-state index in [4.69, 9.17) is 9.47 Å². The molecule has 1 aromatic rings. The second-order valence-electron chi connectivity index (χ2n) is 5.50. The maximum atomic E-state index is 12.0. The SMILES string of the molecule is CC(C)(C)OC(=O)N[C@H]1COc2cc(Br)cnc2NC1=O. The average Bonchev–Trinajstić information content (AvgIpc) is 2.48. The summed E-state index contributed by atoms with van der Waals surface area (Å²) in [5.41, 5.74) is -0.637. The van der Waals surface area contributed by atoms with Gasteiger partial charge in [0, 0.05) is 10.7 Å². The van der Waals surface area contributed by atoms with Gasteiger partial charge in [-0.15, -0.1) is 0 Å². The lowest BCUT2D eigenvalue weighted by molar-refractivity contribution is -0.118. The first-order chi connectivity index (χ1) is 9.74. The molecular formula is C13H16BrN3O4. The molecule has 1 aromatic heterocycles. The van der Waals surface area contributed by atoms with Gasteiger partial charge in [0.2, 0.25) is 0 Å². The third kappa shape index (κ3) is 4.32. The van der Waals surface area contributed by atoms with E-state index in [9.17, 15) is 9.59 Å². The lowest BCUT2D eigenvalue weighted by Gasteiger charge is -2.22. The highest BCUT2D eigenvalue weighted by molar-refractivity contribution is 9.10. The second kappa shape index (κ2) is 5.88. The molecule has 0 saturated heterocycles. The van der Waals surface area contributed by atoms with E-state index in [1.54, 1.807) is 33.0 Å². The Morgan fingerprint density at radius 1 is 1.57 bits per heavy atom. The van der Waals surface area contributed by atoms with Crippen LogP contribution in [0.3, 0.4) is 0 Å². The monoisotopic (exact) mass is 357 g/mol. The van der Waals surface area contributed by atoms with E-state index in [0.717, 1.165) is 4.47 Å². The number of nitrogens with zero attached hydrogens (tertiary/aromatic N) is 1. The highest BCUT2D eigenvalue weighted by atomic mass is 79.9. The molecule has 0 saturated carbocycles. The smallest absolute Gasteiger partial charge is 0.408 e. The minimum absolute atomic E-state index is 0.00376. The molecule has 0 spiro atoms. The minimum atomic E-state index is -0.854. The molecule has 0 radical (unpaired) electrons. The normalized spacial score (nSPS) is 17.9. The van der Waals surface area contributed by atoms with Gasteiger partial charge in [-0.2, -0.15) is 0 Å². The summed E-state index contributed by atoms with van der Waals surface area (Å²) in [5.74, 6) is 0.345. The zero-order valence-corrected chi connectivity index (χ0v) is 13.5. The Labute approximate surface area is 130 Å². The quantitative estimate of drug-likeness (QED) is 0.802. The van der Waals surface area contributed by atoms with Gasteiger partial charge in [-0.3, -0.25) is 4.79 Å². The molecule has 0 unspecified atom stereocenters. The van der Waals surface area contributed by atoms with Crippen LogP contribution in [-0.4, -0.2) is 35.2 Å². The molecule has 2 amide bonds. The van der Waals surface area contributed by atoms with Crippen LogP contribution in [0.2, 0.25) is 0 Å². The number of amides is 2. The van der Waals surface area contributed by atoms with Gasteiger partial charge in [0.15, 0.2) is 11.6 Å². The Morgan fingerprint density at radius 2 is 2.29 bits per heavy atom. The van der Waals surface area contributed by atoms with Gasteiger partial charge < -0.3 is 20.1 Å². The number of rotatable bonds is 1. The molecule has 2 heterocycles. The number of ether oxygens (including phenoxy) is 2. The predicted molar refractivity (Wildman–Crippen MR) is 79.2 cm³/mol. The van der Waals surface area contributed by atoms with Gasteiger partial charge in [0.25, 0.3) is 5.91 Å². The van der Waals surface area contributed by atoms with Gasteiger partial charge in [0.1, 0.15) is 18.2 Å². The lowest BCUT2D eigenvalue weighted by Crippen LogP contribution is -2.48. The number of carbonyl (C=O) groups excluding carboxylic acids is 2. The molecule has 114 valence electrons.